The molecule has 0 aliphatic carbocycles. The summed E-state index contributed by atoms with van der Waals surface area (Å²) in [7, 11) is -3.39. The van der Waals surface area contributed by atoms with E-state index in [2.05, 4.69) is 10.6 Å². The highest BCUT2D eigenvalue weighted by molar-refractivity contribution is 7.88. The van der Waals surface area contributed by atoms with Crippen molar-refractivity contribution in [2.45, 2.75) is 25.5 Å². The van der Waals surface area contributed by atoms with Gasteiger partial charge in [0.15, 0.2) is 0 Å². The van der Waals surface area contributed by atoms with E-state index in [9.17, 15) is 13.5 Å². The number of aliphatic hydroxyl groups is 1. The molecule has 4 nitrogen and oxygen atoms in total. The van der Waals surface area contributed by atoms with Crippen LogP contribution in [-0.2, 0) is 16.4 Å². The lowest BCUT2D eigenvalue weighted by atomic mass is 9.91. The summed E-state index contributed by atoms with van der Waals surface area (Å²) in [6, 6.07) is 8.90. The van der Waals surface area contributed by atoms with Crippen LogP contribution in [0.5, 0.6) is 0 Å². The van der Waals surface area contributed by atoms with Gasteiger partial charge in [0.05, 0.1) is 18.3 Å². The topological polar surface area (TPSA) is 66.4 Å². The van der Waals surface area contributed by atoms with Crippen molar-refractivity contribution in [3.8, 4) is 12.3 Å². The van der Waals surface area contributed by atoms with Crippen LogP contribution in [0.1, 0.15) is 12.5 Å². The smallest absolute Gasteiger partial charge is 0.209 e. The molecule has 0 fully saturated rings. The SMILES string of the molecule is C#C[C@H]([C@H](Cc1ccccc1)NS(C)(=O)=O)[C@@H](C)O. The van der Waals surface area contributed by atoms with Crippen molar-refractivity contribution in [1.29, 1.82) is 0 Å². The fourth-order valence-electron chi connectivity index (χ4n) is 1.98. The third-order valence-electron chi connectivity index (χ3n) is 2.81. The van der Waals surface area contributed by atoms with Gasteiger partial charge in [-0.2, -0.15) is 0 Å². The molecule has 19 heavy (non-hydrogen) atoms. The van der Waals surface area contributed by atoms with E-state index in [-0.39, 0.29) is 0 Å². The van der Waals surface area contributed by atoms with Crippen LogP contribution < -0.4 is 4.72 Å². The lowest BCUT2D eigenvalue weighted by molar-refractivity contribution is 0.136. The number of sulfonamides is 1. The number of benzene rings is 1. The molecule has 1 rings (SSSR count). The molecule has 2 N–H and O–H groups in total. The molecule has 0 aliphatic rings. The molecule has 1 aromatic rings. The Balaban J connectivity index is 2.96. The Morgan fingerprint density at radius 1 is 1.37 bits per heavy atom. The molecule has 0 saturated carbocycles. The van der Waals surface area contributed by atoms with Crippen LogP contribution in [0.4, 0.5) is 0 Å². The van der Waals surface area contributed by atoms with Gasteiger partial charge in [-0.15, -0.1) is 6.42 Å². The fraction of sp³-hybridized carbons (Fsp3) is 0.429. The molecule has 0 aliphatic heterocycles. The molecule has 0 unspecified atom stereocenters. The van der Waals surface area contributed by atoms with Crippen molar-refractivity contribution in [2.75, 3.05) is 6.26 Å². The number of terminal acetylenes is 1. The fourth-order valence-corrected chi connectivity index (χ4v) is 2.76. The second-order valence-corrected chi connectivity index (χ2v) is 6.40. The van der Waals surface area contributed by atoms with Crippen LogP contribution >= 0.6 is 0 Å². The van der Waals surface area contributed by atoms with Crippen LogP contribution in [0.25, 0.3) is 0 Å². The van der Waals surface area contributed by atoms with Gasteiger partial charge in [0, 0.05) is 6.04 Å². The van der Waals surface area contributed by atoms with Gasteiger partial charge in [0.2, 0.25) is 10.0 Å². The predicted octanol–water partition coefficient (Wildman–Crippen LogP) is 0.777. The number of rotatable bonds is 6. The largest absolute Gasteiger partial charge is 0.392 e. The maximum absolute atomic E-state index is 11.4. The molecule has 0 heterocycles. The van der Waals surface area contributed by atoms with Crippen molar-refractivity contribution in [3.05, 3.63) is 35.9 Å². The number of aliphatic hydroxyl groups excluding tert-OH is 1. The van der Waals surface area contributed by atoms with Crippen LogP contribution in [-0.4, -0.2) is 31.9 Å². The maximum atomic E-state index is 11.4. The zero-order valence-electron chi connectivity index (χ0n) is 11.1. The molecule has 0 radical (unpaired) electrons. The molecule has 1 aromatic carbocycles. The Morgan fingerprint density at radius 2 is 1.95 bits per heavy atom. The van der Waals surface area contributed by atoms with E-state index in [1.54, 1.807) is 6.92 Å². The van der Waals surface area contributed by atoms with Crippen molar-refractivity contribution in [2.24, 2.45) is 5.92 Å². The Bertz CT molecular complexity index is 532. The second kappa shape index (κ2) is 6.71. The average Bonchev–Trinajstić information content (AvgIpc) is 2.28. The molecular formula is C14H19NO3S. The zero-order valence-corrected chi connectivity index (χ0v) is 11.9. The van der Waals surface area contributed by atoms with Crippen LogP contribution in [0.15, 0.2) is 30.3 Å². The Morgan fingerprint density at radius 3 is 2.37 bits per heavy atom. The van der Waals surface area contributed by atoms with Gasteiger partial charge in [-0.3, -0.25) is 0 Å². The first-order valence-corrected chi connectivity index (χ1v) is 7.88. The second-order valence-electron chi connectivity index (χ2n) is 4.62. The summed E-state index contributed by atoms with van der Waals surface area (Å²) in [5, 5.41) is 9.68. The van der Waals surface area contributed by atoms with Crippen LogP contribution in [0.3, 0.4) is 0 Å². The Hall–Kier alpha value is -1.35. The van der Waals surface area contributed by atoms with Crippen LogP contribution in [0.2, 0.25) is 0 Å². The molecule has 5 heteroatoms. The van der Waals surface area contributed by atoms with Crippen molar-refractivity contribution < 1.29 is 13.5 Å². The lowest BCUT2D eigenvalue weighted by Crippen LogP contribution is -2.44. The summed E-state index contributed by atoms with van der Waals surface area (Å²) < 4.78 is 25.3. The van der Waals surface area contributed by atoms with Crippen molar-refractivity contribution in [1.82, 2.24) is 4.72 Å². The maximum Gasteiger partial charge on any atom is 0.209 e. The lowest BCUT2D eigenvalue weighted by Gasteiger charge is -2.25. The highest BCUT2D eigenvalue weighted by Gasteiger charge is 2.26. The average molecular weight is 281 g/mol. The predicted molar refractivity (Wildman–Crippen MR) is 75.9 cm³/mol. The summed E-state index contributed by atoms with van der Waals surface area (Å²) in [6.07, 6.45) is 6.14. The first-order valence-electron chi connectivity index (χ1n) is 5.99. The molecule has 3 atom stereocenters. The normalized spacial score (nSPS) is 16.3. The molecule has 0 aromatic heterocycles. The molecule has 0 amide bonds. The first-order chi connectivity index (χ1) is 8.83. The molecular weight excluding hydrogens is 262 g/mol. The molecule has 104 valence electrons. The van der Waals surface area contributed by atoms with E-state index in [1.165, 1.54) is 0 Å². The Labute approximate surface area is 114 Å². The summed E-state index contributed by atoms with van der Waals surface area (Å²) in [4.78, 5) is 0. The summed E-state index contributed by atoms with van der Waals surface area (Å²) in [5.74, 6) is 1.89. The molecule has 0 spiro atoms. The summed E-state index contributed by atoms with van der Waals surface area (Å²) >= 11 is 0. The third-order valence-corrected chi connectivity index (χ3v) is 3.54. The van der Waals surface area contributed by atoms with E-state index in [0.29, 0.717) is 6.42 Å². The van der Waals surface area contributed by atoms with E-state index >= 15 is 0 Å². The molecule has 0 saturated heterocycles. The van der Waals surface area contributed by atoms with E-state index in [4.69, 9.17) is 6.42 Å². The quantitative estimate of drug-likeness (QED) is 0.757. The van der Waals surface area contributed by atoms with E-state index in [0.717, 1.165) is 11.8 Å². The van der Waals surface area contributed by atoms with Gasteiger partial charge in [0.25, 0.3) is 0 Å². The van der Waals surface area contributed by atoms with Gasteiger partial charge < -0.3 is 5.11 Å². The van der Waals surface area contributed by atoms with Gasteiger partial charge in [0.1, 0.15) is 0 Å². The standard InChI is InChI=1S/C14H19NO3S/c1-4-13(11(2)16)14(15-19(3,17)18)10-12-8-6-5-7-9-12/h1,5-9,11,13-16H,10H2,2-3H3/t11-,13+,14+/m1/s1. The minimum atomic E-state index is -3.39. The van der Waals surface area contributed by atoms with E-state index in [1.807, 2.05) is 30.3 Å². The monoisotopic (exact) mass is 281 g/mol. The van der Waals surface area contributed by atoms with Crippen molar-refractivity contribution >= 4 is 10.0 Å². The zero-order chi connectivity index (χ0) is 14.5. The van der Waals surface area contributed by atoms with Gasteiger partial charge in [-0.05, 0) is 18.9 Å². The van der Waals surface area contributed by atoms with Crippen molar-refractivity contribution in [3.63, 3.8) is 0 Å². The highest BCUT2D eigenvalue weighted by atomic mass is 32.2. The third kappa shape index (κ3) is 5.43. The minimum Gasteiger partial charge on any atom is -0.392 e. The first kappa shape index (κ1) is 15.7. The molecule has 0 bridgehead atoms. The number of hydrogen-bond acceptors (Lipinski definition) is 3. The van der Waals surface area contributed by atoms with Gasteiger partial charge in [-0.25, -0.2) is 13.1 Å². The van der Waals surface area contributed by atoms with Gasteiger partial charge >= 0.3 is 0 Å². The van der Waals surface area contributed by atoms with Gasteiger partial charge in [-0.1, -0.05) is 36.3 Å². The highest BCUT2D eigenvalue weighted by Crippen LogP contribution is 2.15. The van der Waals surface area contributed by atoms with Crippen LogP contribution in [0, 0.1) is 18.3 Å². The summed E-state index contributed by atoms with van der Waals surface area (Å²) in [6.45, 7) is 1.56. The number of nitrogens with one attached hydrogen (secondary N) is 1. The van der Waals surface area contributed by atoms with E-state index < -0.39 is 28.1 Å². The Kier molecular flexibility index (Phi) is 5.55. The number of hydrogen-bond donors (Lipinski definition) is 2. The minimum absolute atomic E-state index is 0.438. The summed E-state index contributed by atoms with van der Waals surface area (Å²) in [5.41, 5.74) is 0.963.